The third-order valence-electron chi connectivity index (χ3n) is 4.61. The van der Waals surface area contributed by atoms with Crippen molar-refractivity contribution in [2.24, 2.45) is 23.5 Å². The highest BCUT2D eigenvalue weighted by Gasteiger charge is 2.35. The number of carbonyl (C=O) groups is 2. The number of amides is 1. The van der Waals surface area contributed by atoms with E-state index >= 15 is 0 Å². The third kappa shape index (κ3) is 3.26. The van der Waals surface area contributed by atoms with Crippen LogP contribution in [0, 0.1) is 17.8 Å². The van der Waals surface area contributed by atoms with Gasteiger partial charge < -0.3 is 15.7 Å². The minimum absolute atomic E-state index is 0.0197. The molecule has 0 aromatic carbocycles. The molecular formula is C14H24N2O3. The Morgan fingerprint density at radius 2 is 1.89 bits per heavy atom. The van der Waals surface area contributed by atoms with Gasteiger partial charge in [0.1, 0.15) is 0 Å². The lowest BCUT2D eigenvalue weighted by atomic mass is 9.78. The van der Waals surface area contributed by atoms with Gasteiger partial charge in [-0.25, -0.2) is 0 Å². The molecular weight excluding hydrogens is 244 g/mol. The standard InChI is InChI=1S/C14H24N2O3/c15-8-10-4-1-2-6-12(10)13(17)16-7-3-5-11(9-16)14(18)19/h10-12H,1-9,15H2,(H,18,19)/t10?,11-,12?/m0/s1. The molecule has 5 heteroatoms. The zero-order chi connectivity index (χ0) is 13.8. The molecule has 1 aliphatic carbocycles. The van der Waals surface area contributed by atoms with E-state index in [1.807, 2.05) is 0 Å². The molecule has 0 bridgehead atoms. The summed E-state index contributed by atoms with van der Waals surface area (Å²) in [5.74, 6) is -0.729. The minimum Gasteiger partial charge on any atom is -0.481 e. The smallest absolute Gasteiger partial charge is 0.308 e. The molecule has 0 radical (unpaired) electrons. The molecule has 2 fully saturated rings. The van der Waals surface area contributed by atoms with Gasteiger partial charge in [0.15, 0.2) is 0 Å². The van der Waals surface area contributed by atoms with Gasteiger partial charge in [-0.05, 0) is 38.1 Å². The summed E-state index contributed by atoms with van der Waals surface area (Å²) in [4.78, 5) is 25.4. The number of hydrogen-bond donors (Lipinski definition) is 2. The maximum absolute atomic E-state index is 12.6. The fourth-order valence-electron chi connectivity index (χ4n) is 3.43. The van der Waals surface area contributed by atoms with Gasteiger partial charge in [0.05, 0.1) is 5.92 Å². The molecule has 108 valence electrons. The summed E-state index contributed by atoms with van der Waals surface area (Å²) in [5.41, 5.74) is 5.77. The Bertz CT molecular complexity index is 346. The van der Waals surface area contributed by atoms with E-state index in [2.05, 4.69) is 0 Å². The Hall–Kier alpha value is -1.10. The number of rotatable bonds is 3. The van der Waals surface area contributed by atoms with Crippen molar-refractivity contribution in [3.8, 4) is 0 Å². The quantitative estimate of drug-likeness (QED) is 0.802. The van der Waals surface area contributed by atoms with E-state index in [1.54, 1.807) is 4.90 Å². The van der Waals surface area contributed by atoms with Crippen LogP contribution in [0.2, 0.25) is 0 Å². The first kappa shape index (κ1) is 14.3. The van der Waals surface area contributed by atoms with Crippen LogP contribution in [0.3, 0.4) is 0 Å². The highest BCUT2D eigenvalue weighted by atomic mass is 16.4. The first-order valence-corrected chi connectivity index (χ1v) is 7.35. The monoisotopic (exact) mass is 268 g/mol. The van der Waals surface area contributed by atoms with Gasteiger partial charge >= 0.3 is 5.97 Å². The van der Waals surface area contributed by atoms with Crippen LogP contribution in [0.4, 0.5) is 0 Å². The SMILES string of the molecule is NCC1CCCCC1C(=O)N1CCC[C@H](C(=O)O)C1. The lowest BCUT2D eigenvalue weighted by Crippen LogP contribution is -2.47. The molecule has 0 spiro atoms. The molecule has 19 heavy (non-hydrogen) atoms. The lowest BCUT2D eigenvalue weighted by molar-refractivity contribution is -0.147. The van der Waals surface area contributed by atoms with Crippen molar-refractivity contribution in [2.75, 3.05) is 19.6 Å². The minimum atomic E-state index is -0.781. The average Bonchev–Trinajstić information content (AvgIpc) is 2.46. The van der Waals surface area contributed by atoms with Crippen molar-refractivity contribution in [1.29, 1.82) is 0 Å². The second kappa shape index (κ2) is 6.37. The number of carboxylic acid groups (broad SMARTS) is 1. The van der Waals surface area contributed by atoms with E-state index < -0.39 is 11.9 Å². The van der Waals surface area contributed by atoms with Crippen LogP contribution in [-0.4, -0.2) is 41.5 Å². The zero-order valence-electron chi connectivity index (χ0n) is 11.4. The van der Waals surface area contributed by atoms with E-state index in [0.29, 0.717) is 26.1 Å². The maximum Gasteiger partial charge on any atom is 0.308 e. The van der Waals surface area contributed by atoms with Crippen LogP contribution in [0.5, 0.6) is 0 Å². The molecule has 1 heterocycles. The van der Waals surface area contributed by atoms with E-state index in [9.17, 15) is 9.59 Å². The molecule has 3 atom stereocenters. The molecule has 0 aromatic rings. The van der Waals surface area contributed by atoms with Crippen LogP contribution >= 0.6 is 0 Å². The number of nitrogens with two attached hydrogens (primary N) is 1. The Kier molecular flexibility index (Phi) is 4.80. The molecule has 2 aliphatic rings. The largest absolute Gasteiger partial charge is 0.481 e. The van der Waals surface area contributed by atoms with Crippen molar-refractivity contribution in [2.45, 2.75) is 38.5 Å². The van der Waals surface area contributed by atoms with Crippen LogP contribution in [0.25, 0.3) is 0 Å². The second-order valence-electron chi connectivity index (χ2n) is 5.85. The van der Waals surface area contributed by atoms with Crippen LogP contribution in [-0.2, 0) is 9.59 Å². The first-order valence-electron chi connectivity index (χ1n) is 7.35. The first-order chi connectivity index (χ1) is 9.13. The molecule has 1 saturated heterocycles. The Morgan fingerprint density at radius 1 is 1.16 bits per heavy atom. The summed E-state index contributed by atoms with van der Waals surface area (Å²) in [6, 6.07) is 0. The van der Waals surface area contributed by atoms with Gasteiger partial charge in [-0.3, -0.25) is 9.59 Å². The normalized spacial score (nSPS) is 32.1. The van der Waals surface area contributed by atoms with Crippen molar-refractivity contribution in [1.82, 2.24) is 4.90 Å². The van der Waals surface area contributed by atoms with Crippen molar-refractivity contribution in [3.63, 3.8) is 0 Å². The van der Waals surface area contributed by atoms with E-state index in [4.69, 9.17) is 10.8 Å². The Balaban J connectivity index is 1.99. The highest BCUT2D eigenvalue weighted by Crippen LogP contribution is 2.32. The summed E-state index contributed by atoms with van der Waals surface area (Å²) < 4.78 is 0. The van der Waals surface area contributed by atoms with E-state index in [1.165, 1.54) is 0 Å². The number of piperidine rings is 1. The van der Waals surface area contributed by atoms with Gasteiger partial charge in [-0.1, -0.05) is 12.8 Å². The number of nitrogens with zero attached hydrogens (tertiary/aromatic N) is 1. The number of aliphatic carboxylic acids is 1. The number of likely N-dealkylation sites (tertiary alicyclic amines) is 1. The van der Waals surface area contributed by atoms with E-state index in [0.717, 1.165) is 32.1 Å². The molecule has 3 N–H and O–H groups in total. The van der Waals surface area contributed by atoms with Crippen LogP contribution in [0.15, 0.2) is 0 Å². The Morgan fingerprint density at radius 3 is 2.58 bits per heavy atom. The van der Waals surface area contributed by atoms with Gasteiger partial charge in [0.25, 0.3) is 0 Å². The molecule has 1 aliphatic heterocycles. The van der Waals surface area contributed by atoms with Gasteiger partial charge in [-0.15, -0.1) is 0 Å². The molecule has 1 amide bonds. The van der Waals surface area contributed by atoms with Crippen molar-refractivity contribution < 1.29 is 14.7 Å². The topological polar surface area (TPSA) is 83.6 Å². The number of carbonyl (C=O) groups excluding carboxylic acids is 1. The number of carboxylic acids is 1. The fourth-order valence-corrected chi connectivity index (χ4v) is 3.43. The highest BCUT2D eigenvalue weighted by molar-refractivity contribution is 5.80. The predicted molar refractivity (Wildman–Crippen MR) is 71.4 cm³/mol. The fraction of sp³-hybridized carbons (Fsp3) is 0.857. The molecule has 2 unspecified atom stereocenters. The third-order valence-corrected chi connectivity index (χ3v) is 4.61. The molecule has 0 aromatic heterocycles. The van der Waals surface area contributed by atoms with E-state index in [-0.39, 0.29) is 17.7 Å². The summed E-state index contributed by atoms with van der Waals surface area (Å²) in [5, 5.41) is 9.09. The number of hydrogen-bond acceptors (Lipinski definition) is 3. The zero-order valence-corrected chi connectivity index (χ0v) is 11.4. The van der Waals surface area contributed by atoms with Gasteiger partial charge in [0.2, 0.25) is 5.91 Å². The van der Waals surface area contributed by atoms with Gasteiger partial charge in [-0.2, -0.15) is 0 Å². The van der Waals surface area contributed by atoms with Gasteiger partial charge in [0, 0.05) is 19.0 Å². The lowest BCUT2D eigenvalue weighted by Gasteiger charge is -2.37. The predicted octanol–water partition coefficient (Wildman–Crippen LogP) is 1.07. The van der Waals surface area contributed by atoms with Crippen molar-refractivity contribution >= 4 is 11.9 Å². The second-order valence-corrected chi connectivity index (χ2v) is 5.85. The van der Waals surface area contributed by atoms with Crippen LogP contribution in [0.1, 0.15) is 38.5 Å². The Labute approximate surface area is 114 Å². The summed E-state index contributed by atoms with van der Waals surface area (Å²) in [6.07, 6.45) is 5.66. The summed E-state index contributed by atoms with van der Waals surface area (Å²) in [7, 11) is 0. The summed E-state index contributed by atoms with van der Waals surface area (Å²) >= 11 is 0. The van der Waals surface area contributed by atoms with Crippen molar-refractivity contribution in [3.05, 3.63) is 0 Å². The van der Waals surface area contributed by atoms with Crippen LogP contribution < -0.4 is 5.73 Å². The molecule has 1 saturated carbocycles. The summed E-state index contributed by atoms with van der Waals surface area (Å²) in [6.45, 7) is 1.64. The average molecular weight is 268 g/mol. The molecule has 5 nitrogen and oxygen atoms in total. The molecule has 2 rings (SSSR count). The maximum atomic E-state index is 12.6.